The Kier molecular flexibility index (Phi) is 1.89. The lowest BCUT2D eigenvalue weighted by atomic mass is 9.81. The molecule has 4 rings (SSSR count). The average molecular weight is 245 g/mol. The van der Waals surface area contributed by atoms with Crippen LogP contribution in [0.15, 0.2) is 18.5 Å². The van der Waals surface area contributed by atoms with Crippen LogP contribution in [0, 0.1) is 11.8 Å². The van der Waals surface area contributed by atoms with Crippen LogP contribution in [0.4, 0.5) is 5.95 Å². The van der Waals surface area contributed by atoms with Crippen LogP contribution in [0.1, 0.15) is 12.8 Å². The number of aromatic nitrogens is 2. The summed E-state index contributed by atoms with van der Waals surface area (Å²) < 4.78 is 5.66. The van der Waals surface area contributed by atoms with Crippen molar-refractivity contribution in [2.24, 2.45) is 11.8 Å². The quantitative estimate of drug-likeness (QED) is 0.658. The second-order valence-corrected chi connectivity index (χ2v) is 4.90. The van der Waals surface area contributed by atoms with E-state index in [0.717, 1.165) is 17.7 Å². The van der Waals surface area contributed by atoms with Crippen LogP contribution < -0.4 is 4.90 Å². The van der Waals surface area contributed by atoms with Gasteiger partial charge in [-0.05, 0) is 18.9 Å². The van der Waals surface area contributed by atoms with E-state index in [0.29, 0.717) is 0 Å². The zero-order chi connectivity index (χ0) is 12.3. The van der Waals surface area contributed by atoms with Gasteiger partial charge in [-0.2, -0.15) is 0 Å². The molecule has 3 saturated heterocycles. The number of imide groups is 1. The van der Waals surface area contributed by atoms with Gasteiger partial charge in [-0.15, -0.1) is 0 Å². The van der Waals surface area contributed by atoms with Gasteiger partial charge in [-0.3, -0.25) is 9.59 Å². The number of anilines is 1. The van der Waals surface area contributed by atoms with Gasteiger partial charge in [0.05, 0.1) is 24.0 Å². The summed E-state index contributed by atoms with van der Waals surface area (Å²) >= 11 is 0. The average Bonchev–Trinajstić information content (AvgIpc) is 3.05. The summed E-state index contributed by atoms with van der Waals surface area (Å²) in [7, 11) is 0. The Morgan fingerprint density at radius 2 is 1.61 bits per heavy atom. The summed E-state index contributed by atoms with van der Waals surface area (Å²) in [6, 6.07) is 1.65. The number of fused-ring (bicyclic) bond motifs is 5. The topological polar surface area (TPSA) is 72.4 Å². The van der Waals surface area contributed by atoms with Gasteiger partial charge in [0.15, 0.2) is 0 Å². The maximum Gasteiger partial charge on any atom is 0.242 e. The summed E-state index contributed by atoms with van der Waals surface area (Å²) in [5.41, 5.74) is 0. The van der Waals surface area contributed by atoms with Crippen molar-refractivity contribution < 1.29 is 14.3 Å². The first-order valence-corrected chi connectivity index (χ1v) is 6.07. The zero-order valence-corrected chi connectivity index (χ0v) is 9.52. The van der Waals surface area contributed by atoms with Gasteiger partial charge in [0.25, 0.3) is 0 Å². The normalized spacial score (nSPS) is 37.4. The third-order valence-corrected chi connectivity index (χ3v) is 4.04. The minimum absolute atomic E-state index is 0.0924. The predicted molar refractivity (Wildman–Crippen MR) is 59.4 cm³/mol. The Bertz CT molecular complexity index is 505. The monoisotopic (exact) mass is 245 g/mol. The van der Waals surface area contributed by atoms with Crippen LogP contribution >= 0.6 is 0 Å². The van der Waals surface area contributed by atoms with Crippen molar-refractivity contribution in [3.8, 4) is 0 Å². The third kappa shape index (κ3) is 1.11. The van der Waals surface area contributed by atoms with Crippen molar-refractivity contribution in [2.75, 3.05) is 4.90 Å². The molecule has 0 spiro atoms. The Balaban J connectivity index is 1.76. The Morgan fingerprint density at radius 1 is 1.06 bits per heavy atom. The van der Waals surface area contributed by atoms with Crippen molar-refractivity contribution in [3.05, 3.63) is 18.5 Å². The van der Waals surface area contributed by atoms with Gasteiger partial charge in [0.1, 0.15) is 0 Å². The lowest BCUT2D eigenvalue weighted by Crippen LogP contribution is -2.35. The minimum Gasteiger partial charge on any atom is -0.373 e. The highest BCUT2D eigenvalue weighted by molar-refractivity contribution is 6.21. The number of rotatable bonds is 1. The Labute approximate surface area is 103 Å². The van der Waals surface area contributed by atoms with Crippen molar-refractivity contribution >= 4 is 17.8 Å². The number of hydrogen-bond acceptors (Lipinski definition) is 5. The van der Waals surface area contributed by atoms with Crippen LogP contribution in [0.25, 0.3) is 0 Å². The summed E-state index contributed by atoms with van der Waals surface area (Å²) in [6.07, 6.45) is 4.61. The van der Waals surface area contributed by atoms with E-state index < -0.39 is 0 Å². The number of nitrogens with zero attached hydrogens (tertiary/aromatic N) is 3. The van der Waals surface area contributed by atoms with Crippen molar-refractivity contribution in [3.63, 3.8) is 0 Å². The van der Waals surface area contributed by atoms with Gasteiger partial charge >= 0.3 is 0 Å². The Hall–Kier alpha value is -1.82. The van der Waals surface area contributed by atoms with E-state index in [2.05, 4.69) is 9.97 Å². The predicted octanol–water partition coefficient (Wildman–Crippen LogP) is 0.143. The molecule has 3 aliphatic heterocycles. The highest BCUT2D eigenvalue weighted by Crippen LogP contribution is 2.48. The second-order valence-electron chi connectivity index (χ2n) is 4.90. The van der Waals surface area contributed by atoms with Crippen LogP contribution in [0.2, 0.25) is 0 Å². The van der Waals surface area contributed by atoms with E-state index in [1.807, 2.05) is 0 Å². The first-order valence-electron chi connectivity index (χ1n) is 6.07. The molecule has 1 aromatic rings. The van der Waals surface area contributed by atoms with Gasteiger partial charge in [0.2, 0.25) is 17.8 Å². The first-order chi connectivity index (χ1) is 8.77. The molecule has 0 N–H and O–H groups in total. The Morgan fingerprint density at radius 3 is 2.17 bits per heavy atom. The molecule has 2 bridgehead atoms. The molecule has 3 fully saturated rings. The molecular weight excluding hydrogens is 234 g/mol. The van der Waals surface area contributed by atoms with Crippen LogP contribution in [-0.4, -0.2) is 34.0 Å². The molecule has 0 aliphatic carbocycles. The van der Waals surface area contributed by atoms with E-state index in [1.165, 1.54) is 12.4 Å². The van der Waals surface area contributed by atoms with Gasteiger partial charge in [-0.1, -0.05) is 0 Å². The standard InChI is InChI=1S/C12H11N3O3/c16-10-8-6-2-3-7(18-6)9(8)11(17)15(10)12-13-4-1-5-14-12/h1,4-9H,2-3H2/t6-,7-,8-,9-/m1/s1. The fraction of sp³-hybridized carbons (Fsp3) is 0.500. The third-order valence-electron chi connectivity index (χ3n) is 4.04. The van der Waals surface area contributed by atoms with E-state index >= 15 is 0 Å². The largest absolute Gasteiger partial charge is 0.373 e. The van der Waals surface area contributed by atoms with Crippen LogP contribution in [0.5, 0.6) is 0 Å². The number of amides is 2. The maximum atomic E-state index is 12.3. The molecule has 0 unspecified atom stereocenters. The number of ether oxygens (including phenoxy) is 1. The molecule has 0 saturated carbocycles. The lowest BCUT2D eigenvalue weighted by Gasteiger charge is -2.14. The molecule has 4 atom stereocenters. The SMILES string of the molecule is O=C1[C@H]2[C@H](C(=O)N1c1ncccn1)[C@H]1CC[C@H]2O1. The first kappa shape index (κ1) is 10.1. The molecule has 2 amide bonds. The second kappa shape index (κ2) is 3.35. The maximum absolute atomic E-state index is 12.3. The van der Waals surface area contributed by atoms with E-state index in [4.69, 9.17) is 4.74 Å². The molecule has 6 nitrogen and oxygen atoms in total. The molecule has 3 aliphatic rings. The molecule has 6 heteroatoms. The van der Waals surface area contributed by atoms with Crippen LogP contribution in [0.3, 0.4) is 0 Å². The lowest BCUT2D eigenvalue weighted by molar-refractivity contribution is -0.124. The fourth-order valence-electron chi connectivity index (χ4n) is 3.32. The van der Waals surface area contributed by atoms with E-state index in [-0.39, 0.29) is 41.8 Å². The smallest absolute Gasteiger partial charge is 0.242 e. The van der Waals surface area contributed by atoms with E-state index in [1.54, 1.807) is 6.07 Å². The highest BCUT2D eigenvalue weighted by atomic mass is 16.5. The van der Waals surface area contributed by atoms with Gasteiger partial charge in [0, 0.05) is 12.4 Å². The highest BCUT2D eigenvalue weighted by Gasteiger charge is 2.63. The number of carbonyl (C=O) groups excluding carboxylic acids is 2. The van der Waals surface area contributed by atoms with Gasteiger partial charge < -0.3 is 4.74 Å². The van der Waals surface area contributed by atoms with E-state index in [9.17, 15) is 9.59 Å². The van der Waals surface area contributed by atoms with Crippen molar-refractivity contribution in [1.82, 2.24) is 9.97 Å². The number of carbonyl (C=O) groups is 2. The molecule has 92 valence electrons. The van der Waals surface area contributed by atoms with Crippen molar-refractivity contribution in [1.29, 1.82) is 0 Å². The minimum atomic E-state index is -0.319. The number of hydrogen-bond donors (Lipinski definition) is 0. The zero-order valence-electron chi connectivity index (χ0n) is 9.52. The van der Waals surface area contributed by atoms with Gasteiger partial charge in [-0.25, -0.2) is 14.9 Å². The fourth-order valence-corrected chi connectivity index (χ4v) is 3.32. The molecule has 4 heterocycles. The molecule has 0 radical (unpaired) electrons. The molecule has 18 heavy (non-hydrogen) atoms. The molecule has 0 aromatic carbocycles. The summed E-state index contributed by atoms with van der Waals surface area (Å²) in [5.74, 6) is -0.867. The summed E-state index contributed by atoms with van der Waals surface area (Å²) in [5, 5.41) is 0. The molecule has 1 aromatic heterocycles. The summed E-state index contributed by atoms with van der Waals surface area (Å²) in [6.45, 7) is 0. The van der Waals surface area contributed by atoms with Crippen LogP contribution in [-0.2, 0) is 14.3 Å². The van der Waals surface area contributed by atoms with Crippen molar-refractivity contribution in [2.45, 2.75) is 25.0 Å². The summed E-state index contributed by atoms with van der Waals surface area (Å²) in [4.78, 5) is 33.8. The molecular formula is C12H11N3O3.